The zero-order chi connectivity index (χ0) is 10.4. The summed E-state index contributed by atoms with van der Waals surface area (Å²) >= 11 is 3.28. The average molecular weight is 258 g/mol. The van der Waals surface area contributed by atoms with Crippen molar-refractivity contribution in [3.05, 3.63) is 22.9 Å². The van der Waals surface area contributed by atoms with E-state index >= 15 is 0 Å². The minimum atomic E-state index is 0.614. The molecule has 2 nitrogen and oxygen atoms in total. The summed E-state index contributed by atoms with van der Waals surface area (Å²) in [6.45, 7) is 5.17. The summed E-state index contributed by atoms with van der Waals surface area (Å²) in [5.74, 6) is 1.46. The lowest BCUT2D eigenvalue weighted by Crippen LogP contribution is -2.08. The normalized spacial score (nSPS) is 12.5. The molecule has 0 N–H and O–H groups in total. The summed E-state index contributed by atoms with van der Waals surface area (Å²) < 4.78 is 6.43. The van der Waals surface area contributed by atoms with Crippen LogP contribution >= 0.6 is 15.9 Å². The van der Waals surface area contributed by atoms with E-state index in [9.17, 15) is 0 Å². The van der Waals surface area contributed by atoms with Gasteiger partial charge in [-0.1, -0.05) is 20.3 Å². The van der Waals surface area contributed by atoms with Crippen LogP contribution in [0.5, 0.6) is 5.75 Å². The molecule has 1 aromatic heterocycles. The van der Waals surface area contributed by atoms with Crippen LogP contribution in [0.15, 0.2) is 22.9 Å². The van der Waals surface area contributed by atoms with Crippen LogP contribution in [-0.2, 0) is 0 Å². The molecule has 0 saturated heterocycles. The van der Waals surface area contributed by atoms with E-state index in [2.05, 4.69) is 34.8 Å². The smallest absolute Gasteiger partial charge is 0.137 e. The highest BCUT2D eigenvalue weighted by Gasteiger charge is 2.01. The van der Waals surface area contributed by atoms with Crippen molar-refractivity contribution in [2.45, 2.75) is 26.7 Å². The highest BCUT2D eigenvalue weighted by atomic mass is 79.9. The second-order valence-electron chi connectivity index (χ2n) is 3.52. The minimum Gasteiger partial charge on any atom is -0.492 e. The zero-order valence-electron chi connectivity index (χ0n) is 8.66. The molecule has 0 aliphatic heterocycles. The molecule has 0 aromatic carbocycles. The molecule has 0 radical (unpaired) electrons. The molecule has 0 aliphatic rings. The molecule has 0 aliphatic carbocycles. The summed E-state index contributed by atoms with van der Waals surface area (Å²) in [6, 6.07) is 3.82. The molecule has 3 heteroatoms. The van der Waals surface area contributed by atoms with Crippen LogP contribution < -0.4 is 4.74 Å². The van der Waals surface area contributed by atoms with E-state index in [0.29, 0.717) is 5.92 Å². The van der Waals surface area contributed by atoms with Crippen LogP contribution in [0.4, 0.5) is 0 Å². The summed E-state index contributed by atoms with van der Waals surface area (Å²) in [5.41, 5.74) is 0. The van der Waals surface area contributed by atoms with Gasteiger partial charge in [0.05, 0.1) is 12.8 Å². The van der Waals surface area contributed by atoms with Crippen molar-refractivity contribution in [1.29, 1.82) is 0 Å². The van der Waals surface area contributed by atoms with Crippen molar-refractivity contribution in [1.82, 2.24) is 4.98 Å². The highest BCUT2D eigenvalue weighted by molar-refractivity contribution is 9.10. The standard InChI is InChI=1S/C11H16BrNO/c1-3-4-9(2)8-14-10-5-6-11(12)13-7-10/h5-7,9H,3-4,8H2,1-2H3. The molecule has 1 unspecified atom stereocenters. The predicted octanol–water partition coefficient (Wildman–Crippen LogP) is 3.66. The Bertz CT molecular complexity index is 260. The number of rotatable bonds is 5. The Labute approximate surface area is 93.8 Å². The van der Waals surface area contributed by atoms with Crippen LogP contribution in [0.3, 0.4) is 0 Å². The summed E-state index contributed by atoms with van der Waals surface area (Å²) in [6.07, 6.45) is 4.16. The number of pyridine rings is 1. The Balaban J connectivity index is 2.34. The van der Waals surface area contributed by atoms with E-state index in [1.54, 1.807) is 6.20 Å². The quantitative estimate of drug-likeness (QED) is 0.752. The number of aromatic nitrogens is 1. The molecule has 14 heavy (non-hydrogen) atoms. The van der Waals surface area contributed by atoms with Gasteiger partial charge in [-0.3, -0.25) is 0 Å². The molecular weight excluding hydrogens is 242 g/mol. The van der Waals surface area contributed by atoms with E-state index < -0.39 is 0 Å². The molecular formula is C11H16BrNO. The fraction of sp³-hybridized carbons (Fsp3) is 0.545. The van der Waals surface area contributed by atoms with E-state index in [0.717, 1.165) is 17.0 Å². The largest absolute Gasteiger partial charge is 0.492 e. The Morgan fingerprint density at radius 1 is 1.50 bits per heavy atom. The third kappa shape index (κ3) is 4.09. The van der Waals surface area contributed by atoms with Crippen molar-refractivity contribution < 1.29 is 4.74 Å². The monoisotopic (exact) mass is 257 g/mol. The fourth-order valence-corrected chi connectivity index (χ4v) is 1.50. The molecule has 0 amide bonds. The topological polar surface area (TPSA) is 22.1 Å². The SMILES string of the molecule is CCCC(C)COc1ccc(Br)nc1. The summed E-state index contributed by atoms with van der Waals surface area (Å²) in [4.78, 5) is 4.09. The van der Waals surface area contributed by atoms with E-state index in [1.807, 2.05) is 12.1 Å². The lowest BCUT2D eigenvalue weighted by atomic mass is 10.1. The molecule has 0 spiro atoms. The first-order valence-electron chi connectivity index (χ1n) is 4.96. The fourth-order valence-electron chi connectivity index (χ4n) is 1.26. The first-order valence-corrected chi connectivity index (χ1v) is 5.76. The van der Waals surface area contributed by atoms with E-state index in [-0.39, 0.29) is 0 Å². The van der Waals surface area contributed by atoms with E-state index in [1.165, 1.54) is 12.8 Å². The van der Waals surface area contributed by atoms with Crippen LogP contribution in [0.25, 0.3) is 0 Å². The van der Waals surface area contributed by atoms with Crippen molar-refractivity contribution >= 4 is 15.9 Å². The molecule has 1 atom stereocenters. The van der Waals surface area contributed by atoms with Crippen molar-refractivity contribution in [2.24, 2.45) is 5.92 Å². The number of halogens is 1. The van der Waals surface area contributed by atoms with Crippen LogP contribution in [-0.4, -0.2) is 11.6 Å². The Hall–Kier alpha value is -0.570. The Morgan fingerprint density at radius 2 is 2.29 bits per heavy atom. The third-order valence-corrected chi connectivity index (χ3v) is 2.49. The maximum atomic E-state index is 5.59. The second kappa shape index (κ2) is 6.02. The predicted molar refractivity (Wildman–Crippen MR) is 61.5 cm³/mol. The van der Waals surface area contributed by atoms with Gasteiger partial charge in [0.1, 0.15) is 10.4 Å². The highest BCUT2D eigenvalue weighted by Crippen LogP contribution is 2.14. The van der Waals surface area contributed by atoms with Gasteiger partial charge in [-0.25, -0.2) is 4.98 Å². The summed E-state index contributed by atoms with van der Waals surface area (Å²) in [5, 5.41) is 0. The number of hydrogen-bond acceptors (Lipinski definition) is 2. The Kier molecular flexibility index (Phi) is 4.94. The maximum absolute atomic E-state index is 5.59. The zero-order valence-corrected chi connectivity index (χ0v) is 10.3. The molecule has 1 heterocycles. The van der Waals surface area contributed by atoms with Gasteiger partial charge in [0.2, 0.25) is 0 Å². The first-order chi connectivity index (χ1) is 6.72. The molecule has 1 rings (SSSR count). The van der Waals surface area contributed by atoms with Crippen LogP contribution in [0, 0.1) is 5.92 Å². The molecule has 1 aromatic rings. The molecule has 0 saturated carbocycles. The average Bonchev–Trinajstić information content (AvgIpc) is 2.17. The van der Waals surface area contributed by atoms with Gasteiger partial charge in [0.25, 0.3) is 0 Å². The van der Waals surface area contributed by atoms with E-state index in [4.69, 9.17) is 4.74 Å². The van der Waals surface area contributed by atoms with Gasteiger partial charge in [0, 0.05) is 0 Å². The van der Waals surface area contributed by atoms with Gasteiger partial charge in [-0.15, -0.1) is 0 Å². The third-order valence-electron chi connectivity index (χ3n) is 2.02. The molecule has 0 bridgehead atoms. The van der Waals surface area contributed by atoms with Crippen molar-refractivity contribution in [2.75, 3.05) is 6.61 Å². The van der Waals surface area contributed by atoms with Gasteiger partial charge in [0.15, 0.2) is 0 Å². The number of nitrogens with zero attached hydrogens (tertiary/aromatic N) is 1. The van der Waals surface area contributed by atoms with Gasteiger partial charge >= 0.3 is 0 Å². The minimum absolute atomic E-state index is 0.614. The Morgan fingerprint density at radius 3 is 2.86 bits per heavy atom. The first kappa shape index (κ1) is 11.5. The van der Waals surface area contributed by atoms with Crippen LogP contribution in [0.1, 0.15) is 26.7 Å². The van der Waals surface area contributed by atoms with Crippen molar-refractivity contribution in [3.8, 4) is 5.75 Å². The van der Waals surface area contributed by atoms with Crippen LogP contribution in [0.2, 0.25) is 0 Å². The number of ether oxygens (including phenoxy) is 1. The van der Waals surface area contributed by atoms with Gasteiger partial charge in [-0.2, -0.15) is 0 Å². The lowest BCUT2D eigenvalue weighted by Gasteiger charge is -2.11. The molecule has 78 valence electrons. The lowest BCUT2D eigenvalue weighted by molar-refractivity contribution is 0.250. The maximum Gasteiger partial charge on any atom is 0.137 e. The van der Waals surface area contributed by atoms with Crippen molar-refractivity contribution in [3.63, 3.8) is 0 Å². The second-order valence-corrected chi connectivity index (χ2v) is 4.33. The molecule has 0 fully saturated rings. The van der Waals surface area contributed by atoms with Gasteiger partial charge in [-0.05, 0) is 40.4 Å². The summed E-state index contributed by atoms with van der Waals surface area (Å²) in [7, 11) is 0. The number of hydrogen-bond donors (Lipinski definition) is 0. The van der Waals surface area contributed by atoms with Gasteiger partial charge < -0.3 is 4.74 Å².